The molecule has 0 spiro atoms. The summed E-state index contributed by atoms with van der Waals surface area (Å²) in [6.45, 7) is 3.65. The number of nitrogens with two attached hydrogens (primary N) is 2. The van der Waals surface area contributed by atoms with E-state index in [-0.39, 0.29) is 11.5 Å². The fraction of sp³-hybridized carbons (Fsp3) is 0.231. The van der Waals surface area contributed by atoms with Gasteiger partial charge in [-0.15, -0.1) is 0 Å². The summed E-state index contributed by atoms with van der Waals surface area (Å²) in [5, 5.41) is 4.64. The molecular formula is C26H24F3N5O3. The maximum absolute atomic E-state index is 13.2. The number of carbonyl (C=O) groups excluding carboxylic acids is 1. The van der Waals surface area contributed by atoms with E-state index in [1.165, 1.54) is 12.1 Å². The number of carbonyl (C=O) groups is 1. The molecule has 2 heterocycles. The number of fused-ring (bicyclic) bond motifs is 1. The zero-order valence-electron chi connectivity index (χ0n) is 19.7. The number of rotatable bonds is 5. The minimum atomic E-state index is -4.55. The number of anilines is 3. The zero-order chi connectivity index (χ0) is 26.2. The normalized spacial score (nSPS) is 14.7. The van der Waals surface area contributed by atoms with E-state index in [2.05, 4.69) is 10.1 Å². The Morgan fingerprint density at radius 3 is 2.43 bits per heavy atom. The van der Waals surface area contributed by atoms with E-state index in [9.17, 15) is 18.0 Å². The molecule has 192 valence electrons. The van der Waals surface area contributed by atoms with Crippen LogP contribution in [-0.4, -0.2) is 42.4 Å². The summed E-state index contributed by atoms with van der Waals surface area (Å²) in [7, 11) is 0. The van der Waals surface area contributed by atoms with Crippen LogP contribution >= 0.6 is 0 Å². The number of morpholine rings is 1. The number of aromatic nitrogens is 1. The van der Waals surface area contributed by atoms with Crippen LogP contribution in [0.1, 0.15) is 11.1 Å². The third-order valence-electron chi connectivity index (χ3n) is 6.32. The van der Waals surface area contributed by atoms with Gasteiger partial charge in [-0.2, -0.15) is 13.2 Å². The molecule has 0 bridgehead atoms. The van der Waals surface area contributed by atoms with Gasteiger partial charge in [-0.1, -0.05) is 35.5 Å². The lowest BCUT2D eigenvalue weighted by Gasteiger charge is -2.26. The van der Waals surface area contributed by atoms with Crippen LogP contribution in [0.3, 0.4) is 0 Å². The van der Waals surface area contributed by atoms with Gasteiger partial charge in [-0.25, -0.2) is 4.79 Å². The largest absolute Gasteiger partial charge is 0.416 e. The monoisotopic (exact) mass is 511 g/mol. The number of hydrogen-bond donors (Lipinski definition) is 2. The van der Waals surface area contributed by atoms with Gasteiger partial charge in [-0.05, 0) is 41.5 Å². The van der Waals surface area contributed by atoms with Crippen molar-refractivity contribution in [1.29, 1.82) is 0 Å². The molecule has 4 aromatic rings. The highest BCUT2D eigenvalue weighted by atomic mass is 19.4. The molecule has 0 aliphatic carbocycles. The Labute approximate surface area is 210 Å². The van der Waals surface area contributed by atoms with Gasteiger partial charge in [0.15, 0.2) is 11.4 Å². The first kappa shape index (κ1) is 24.6. The van der Waals surface area contributed by atoms with Crippen LogP contribution in [-0.2, 0) is 17.5 Å². The van der Waals surface area contributed by atoms with Crippen molar-refractivity contribution in [3.05, 3.63) is 71.8 Å². The third kappa shape index (κ3) is 4.95. The average Bonchev–Trinajstić information content (AvgIpc) is 3.27. The van der Waals surface area contributed by atoms with Gasteiger partial charge in [0.25, 0.3) is 0 Å². The van der Waals surface area contributed by atoms with Crippen LogP contribution in [0.25, 0.3) is 22.1 Å². The van der Waals surface area contributed by atoms with Gasteiger partial charge in [0.2, 0.25) is 0 Å². The smallest absolute Gasteiger partial charge is 0.380 e. The second kappa shape index (κ2) is 9.75. The molecule has 0 atom stereocenters. The Morgan fingerprint density at radius 2 is 1.76 bits per heavy atom. The fourth-order valence-corrected chi connectivity index (χ4v) is 4.51. The highest BCUT2D eigenvalue weighted by Crippen LogP contribution is 2.37. The van der Waals surface area contributed by atoms with E-state index in [1.54, 1.807) is 24.3 Å². The Kier molecular flexibility index (Phi) is 6.48. The van der Waals surface area contributed by atoms with E-state index < -0.39 is 17.8 Å². The van der Waals surface area contributed by atoms with Crippen molar-refractivity contribution in [3.8, 4) is 11.1 Å². The van der Waals surface area contributed by atoms with Gasteiger partial charge < -0.3 is 20.7 Å². The Hall–Kier alpha value is -4.09. The SMILES string of the molecule is NC(=O)N(c1ccc(-c2ccc(CN3CCOCC3)c3onc(N)c23)cc1)c1cccc(C(F)(F)F)c1. The number of alkyl halides is 3. The van der Waals surface area contributed by atoms with E-state index in [1.807, 2.05) is 12.1 Å². The van der Waals surface area contributed by atoms with Crippen molar-refractivity contribution in [1.82, 2.24) is 10.1 Å². The maximum Gasteiger partial charge on any atom is 0.416 e. The number of ether oxygens (including phenoxy) is 1. The predicted molar refractivity (Wildman–Crippen MR) is 133 cm³/mol. The lowest BCUT2D eigenvalue weighted by molar-refractivity contribution is -0.137. The van der Waals surface area contributed by atoms with E-state index >= 15 is 0 Å². The second-order valence-electron chi connectivity index (χ2n) is 8.70. The fourth-order valence-electron chi connectivity index (χ4n) is 4.51. The number of primary amides is 1. The molecular weight excluding hydrogens is 487 g/mol. The molecule has 0 unspecified atom stereocenters. The molecule has 37 heavy (non-hydrogen) atoms. The van der Waals surface area contributed by atoms with Gasteiger partial charge >= 0.3 is 12.2 Å². The molecule has 1 aromatic heterocycles. The first-order valence-electron chi connectivity index (χ1n) is 11.6. The topological polar surface area (TPSA) is 111 Å². The first-order chi connectivity index (χ1) is 17.7. The number of nitrogen functional groups attached to an aromatic ring is 1. The molecule has 1 aliphatic heterocycles. The summed E-state index contributed by atoms with van der Waals surface area (Å²) in [5.41, 5.74) is 14.2. The van der Waals surface area contributed by atoms with Crippen molar-refractivity contribution >= 4 is 34.2 Å². The highest BCUT2D eigenvalue weighted by Gasteiger charge is 2.31. The van der Waals surface area contributed by atoms with Gasteiger partial charge in [0, 0.05) is 25.2 Å². The average molecular weight is 512 g/mol. The van der Waals surface area contributed by atoms with Crippen molar-refractivity contribution in [2.75, 3.05) is 36.9 Å². The summed E-state index contributed by atoms with van der Waals surface area (Å²) >= 11 is 0. The predicted octanol–water partition coefficient (Wildman–Crippen LogP) is 5.14. The standard InChI is InChI=1S/C26H24F3N5O3/c27-26(28,29)18-2-1-3-20(14-18)34(25(31)35)19-7-4-16(5-8-19)21-9-6-17(15-33-10-12-36-13-11-33)23-22(21)24(30)32-37-23/h1-9,14H,10-13,15H2,(H2,30,32)(H2,31,35). The highest BCUT2D eigenvalue weighted by molar-refractivity contribution is 6.03. The molecule has 0 radical (unpaired) electrons. The van der Waals surface area contributed by atoms with Gasteiger partial charge in [0.05, 0.1) is 35.5 Å². The summed E-state index contributed by atoms with van der Waals surface area (Å²) < 4.78 is 50.6. The molecule has 3 aromatic carbocycles. The summed E-state index contributed by atoms with van der Waals surface area (Å²) in [5.74, 6) is 0.251. The van der Waals surface area contributed by atoms with E-state index in [4.69, 9.17) is 20.7 Å². The van der Waals surface area contributed by atoms with Crippen LogP contribution in [0, 0.1) is 0 Å². The molecule has 0 saturated carbocycles. The second-order valence-corrected chi connectivity index (χ2v) is 8.70. The molecule has 8 nitrogen and oxygen atoms in total. The van der Waals surface area contributed by atoms with E-state index in [0.29, 0.717) is 36.4 Å². The van der Waals surface area contributed by atoms with Crippen molar-refractivity contribution in [3.63, 3.8) is 0 Å². The number of halogens is 3. The number of urea groups is 1. The van der Waals surface area contributed by atoms with Crippen molar-refractivity contribution in [2.24, 2.45) is 5.73 Å². The minimum absolute atomic E-state index is 0.00760. The summed E-state index contributed by atoms with van der Waals surface area (Å²) in [4.78, 5) is 15.5. The molecule has 11 heteroatoms. The Morgan fingerprint density at radius 1 is 1.03 bits per heavy atom. The first-order valence-corrected chi connectivity index (χ1v) is 11.6. The maximum atomic E-state index is 13.2. The number of nitrogens with zero attached hydrogens (tertiary/aromatic N) is 3. The van der Waals surface area contributed by atoms with Crippen LogP contribution in [0.15, 0.2) is 65.2 Å². The molecule has 1 aliphatic rings. The Bertz CT molecular complexity index is 1430. The van der Waals surface area contributed by atoms with Gasteiger partial charge in [0.1, 0.15) is 0 Å². The molecule has 2 amide bonds. The van der Waals surface area contributed by atoms with Crippen LogP contribution in [0.5, 0.6) is 0 Å². The zero-order valence-corrected chi connectivity index (χ0v) is 19.7. The van der Waals surface area contributed by atoms with Crippen molar-refractivity contribution < 1.29 is 27.2 Å². The number of hydrogen-bond acceptors (Lipinski definition) is 6. The molecule has 1 fully saturated rings. The number of benzene rings is 3. The van der Waals surface area contributed by atoms with Crippen LogP contribution < -0.4 is 16.4 Å². The Balaban J connectivity index is 1.48. The summed E-state index contributed by atoms with van der Waals surface area (Å²) in [6, 6.07) is 14.1. The van der Waals surface area contributed by atoms with Crippen LogP contribution in [0.4, 0.5) is 35.2 Å². The van der Waals surface area contributed by atoms with Crippen LogP contribution in [0.2, 0.25) is 0 Å². The molecule has 4 N–H and O–H groups in total. The minimum Gasteiger partial charge on any atom is -0.380 e. The van der Waals surface area contributed by atoms with Crippen molar-refractivity contribution in [2.45, 2.75) is 12.7 Å². The number of amides is 2. The molecule has 1 saturated heterocycles. The summed E-state index contributed by atoms with van der Waals surface area (Å²) in [6.07, 6.45) is -4.55. The van der Waals surface area contributed by atoms with Gasteiger partial charge in [-0.3, -0.25) is 9.80 Å². The lowest BCUT2D eigenvalue weighted by Crippen LogP contribution is -2.35. The molecule has 5 rings (SSSR count). The van der Waals surface area contributed by atoms with E-state index in [0.717, 1.165) is 46.8 Å². The quantitative estimate of drug-likeness (QED) is 0.384. The lowest BCUT2D eigenvalue weighted by atomic mass is 9.98. The third-order valence-corrected chi connectivity index (χ3v) is 6.32.